The first-order valence-corrected chi connectivity index (χ1v) is 8.29. The summed E-state index contributed by atoms with van der Waals surface area (Å²) in [6.07, 6.45) is 9.91. The van der Waals surface area contributed by atoms with Crippen LogP contribution in [0.15, 0.2) is 0 Å². The molecule has 1 N–H and O–H groups in total. The monoisotopic (exact) mass is 264 g/mol. The van der Waals surface area contributed by atoms with Gasteiger partial charge in [-0.15, -0.1) is 0 Å². The molecule has 108 valence electrons. The molecule has 3 fully saturated rings. The second kappa shape index (κ2) is 5.43. The van der Waals surface area contributed by atoms with Crippen LogP contribution in [0.5, 0.6) is 0 Å². The van der Waals surface area contributed by atoms with E-state index < -0.39 is 0 Å². The molecule has 1 aliphatic carbocycles. The van der Waals surface area contributed by atoms with E-state index in [1.165, 1.54) is 38.5 Å². The number of fused-ring (bicyclic) bond motifs is 1. The molecule has 3 rings (SSSR count). The van der Waals surface area contributed by atoms with Crippen molar-refractivity contribution >= 4 is 5.91 Å². The molecular formula is C16H28N2O. The lowest BCUT2D eigenvalue weighted by Crippen LogP contribution is -2.55. The van der Waals surface area contributed by atoms with Gasteiger partial charge in [0.1, 0.15) is 0 Å². The van der Waals surface area contributed by atoms with Crippen molar-refractivity contribution in [2.75, 3.05) is 19.6 Å². The predicted octanol–water partition coefficient (Wildman–Crippen LogP) is 2.56. The largest absolute Gasteiger partial charge is 0.339 e. The third kappa shape index (κ3) is 2.31. The molecule has 3 aliphatic rings. The minimum atomic E-state index is -0.0840. The van der Waals surface area contributed by atoms with Crippen LogP contribution in [0.1, 0.15) is 58.3 Å². The number of piperidine rings is 1. The van der Waals surface area contributed by atoms with Gasteiger partial charge in [-0.25, -0.2) is 0 Å². The summed E-state index contributed by atoms with van der Waals surface area (Å²) in [5.41, 5.74) is -0.0840. The average molecular weight is 264 g/mol. The van der Waals surface area contributed by atoms with E-state index in [4.69, 9.17) is 0 Å². The van der Waals surface area contributed by atoms with Crippen LogP contribution in [0.2, 0.25) is 0 Å². The molecule has 3 nitrogen and oxygen atoms in total. The highest BCUT2D eigenvalue weighted by molar-refractivity contribution is 5.83. The molecule has 0 radical (unpaired) electrons. The van der Waals surface area contributed by atoms with Gasteiger partial charge in [-0.1, -0.05) is 19.8 Å². The summed E-state index contributed by atoms with van der Waals surface area (Å²) in [6.45, 7) is 5.12. The molecule has 19 heavy (non-hydrogen) atoms. The lowest BCUT2D eigenvalue weighted by Gasteiger charge is -2.47. The van der Waals surface area contributed by atoms with Crippen molar-refractivity contribution in [1.29, 1.82) is 0 Å². The summed E-state index contributed by atoms with van der Waals surface area (Å²) in [5.74, 6) is 1.27. The first kappa shape index (κ1) is 13.4. The van der Waals surface area contributed by atoms with E-state index >= 15 is 0 Å². The summed E-state index contributed by atoms with van der Waals surface area (Å²) < 4.78 is 0. The van der Waals surface area contributed by atoms with Crippen LogP contribution in [-0.4, -0.2) is 36.5 Å². The fraction of sp³-hybridized carbons (Fsp3) is 0.938. The molecule has 2 saturated heterocycles. The Bertz CT molecular complexity index is 334. The maximum atomic E-state index is 13.1. The molecular weight excluding hydrogens is 236 g/mol. The van der Waals surface area contributed by atoms with Gasteiger partial charge in [-0.2, -0.15) is 0 Å². The second-order valence-corrected chi connectivity index (χ2v) is 6.81. The molecule has 1 amide bonds. The van der Waals surface area contributed by atoms with Crippen molar-refractivity contribution in [2.24, 2.45) is 11.3 Å². The lowest BCUT2D eigenvalue weighted by molar-refractivity contribution is -0.148. The highest BCUT2D eigenvalue weighted by Gasteiger charge is 2.46. The molecule has 3 atom stereocenters. The molecule has 2 aliphatic heterocycles. The van der Waals surface area contributed by atoms with E-state index in [0.717, 1.165) is 38.4 Å². The first-order chi connectivity index (χ1) is 9.27. The molecule has 0 aromatic heterocycles. The number of carbonyl (C=O) groups excluding carboxylic acids is 1. The van der Waals surface area contributed by atoms with Gasteiger partial charge < -0.3 is 10.2 Å². The van der Waals surface area contributed by atoms with Gasteiger partial charge in [0.15, 0.2) is 0 Å². The van der Waals surface area contributed by atoms with Gasteiger partial charge in [-0.3, -0.25) is 4.79 Å². The van der Waals surface area contributed by atoms with Crippen molar-refractivity contribution in [3.05, 3.63) is 0 Å². The van der Waals surface area contributed by atoms with Gasteiger partial charge in [0.05, 0.1) is 5.41 Å². The normalized spacial score (nSPS) is 39.1. The van der Waals surface area contributed by atoms with Crippen LogP contribution in [0.25, 0.3) is 0 Å². The third-order valence-corrected chi connectivity index (χ3v) is 5.88. The summed E-state index contributed by atoms with van der Waals surface area (Å²) >= 11 is 0. The summed E-state index contributed by atoms with van der Waals surface area (Å²) in [7, 11) is 0. The van der Waals surface area contributed by atoms with Crippen molar-refractivity contribution in [1.82, 2.24) is 10.2 Å². The standard InChI is InChI=1S/C16H28N2O/c1-2-16(9-10-17-12-16)15(19)18-11-5-7-13-6-3-4-8-14(13)18/h13-14,17H,2-12H2,1H3. The van der Waals surface area contributed by atoms with E-state index in [1.807, 2.05) is 0 Å². The quantitative estimate of drug-likeness (QED) is 0.831. The Morgan fingerprint density at radius 2 is 2.05 bits per heavy atom. The van der Waals surface area contributed by atoms with Crippen molar-refractivity contribution < 1.29 is 4.79 Å². The van der Waals surface area contributed by atoms with Crippen LogP contribution >= 0.6 is 0 Å². The number of carbonyl (C=O) groups is 1. The van der Waals surface area contributed by atoms with E-state index in [0.29, 0.717) is 11.9 Å². The van der Waals surface area contributed by atoms with Gasteiger partial charge >= 0.3 is 0 Å². The third-order valence-electron chi connectivity index (χ3n) is 5.88. The Morgan fingerprint density at radius 1 is 1.26 bits per heavy atom. The summed E-state index contributed by atoms with van der Waals surface area (Å²) in [6, 6.07) is 0.569. The van der Waals surface area contributed by atoms with Crippen LogP contribution in [0.4, 0.5) is 0 Å². The predicted molar refractivity (Wildman–Crippen MR) is 76.9 cm³/mol. The number of likely N-dealkylation sites (tertiary alicyclic amines) is 1. The van der Waals surface area contributed by atoms with Crippen LogP contribution < -0.4 is 5.32 Å². The Balaban J connectivity index is 1.77. The highest BCUT2D eigenvalue weighted by Crippen LogP contribution is 2.39. The Labute approximate surface area is 117 Å². The second-order valence-electron chi connectivity index (χ2n) is 6.81. The van der Waals surface area contributed by atoms with E-state index in [9.17, 15) is 4.79 Å². The number of hydrogen-bond acceptors (Lipinski definition) is 2. The minimum Gasteiger partial charge on any atom is -0.339 e. The number of amides is 1. The highest BCUT2D eigenvalue weighted by atomic mass is 16.2. The van der Waals surface area contributed by atoms with Gasteiger partial charge in [0, 0.05) is 19.1 Å². The zero-order valence-corrected chi connectivity index (χ0v) is 12.3. The van der Waals surface area contributed by atoms with Crippen molar-refractivity contribution in [2.45, 2.75) is 64.3 Å². The SMILES string of the molecule is CCC1(C(=O)N2CCCC3CCCCC32)CCNC1. The number of hydrogen-bond donors (Lipinski definition) is 1. The fourth-order valence-electron chi connectivity index (χ4n) is 4.56. The molecule has 2 heterocycles. The maximum Gasteiger partial charge on any atom is 0.230 e. The smallest absolute Gasteiger partial charge is 0.230 e. The molecule has 0 bridgehead atoms. The Morgan fingerprint density at radius 3 is 2.79 bits per heavy atom. The maximum absolute atomic E-state index is 13.1. The van der Waals surface area contributed by atoms with Gasteiger partial charge in [0.25, 0.3) is 0 Å². The average Bonchev–Trinajstić information content (AvgIpc) is 2.96. The summed E-state index contributed by atoms with van der Waals surface area (Å²) in [5, 5.41) is 3.41. The zero-order chi connectivity index (χ0) is 13.3. The molecule has 1 saturated carbocycles. The Hall–Kier alpha value is -0.570. The van der Waals surface area contributed by atoms with E-state index in [-0.39, 0.29) is 5.41 Å². The topological polar surface area (TPSA) is 32.3 Å². The van der Waals surface area contributed by atoms with Crippen molar-refractivity contribution in [3.63, 3.8) is 0 Å². The minimum absolute atomic E-state index is 0.0840. The van der Waals surface area contributed by atoms with Crippen LogP contribution in [-0.2, 0) is 4.79 Å². The van der Waals surface area contributed by atoms with Crippen molar-refractivity contribution in [3.8, 4) is 0 Å². The van der Waals surface area contributed by atoms with Crippen LogP contribution in [0, 0.1) is 11.3 Å². The van der Waals surface area contributed by atoms with Crippen LogP contribution in [0.3, 0.4) is 0 Å². The lowest BCUT2D eigenvalue weighted by atomic mass is 9.75. The van der Waals surface area contributed by atoms with E-state index in [2.05, 4.69) is 17.1 Å². The van der Waals surface area contributed by atoms with Gasteiger partial charge in [-0.05, 0) is 51.0 Å². The molecule has 3 heteroatoms. The number of nitrogens with zero attached hydrogens (tertiary/aromatic N) is 1. The van der Waals surface area contributed by atoms with Gasteiger partial charge in [0.2, 0.25) is 5.91 Å². The van der Waals surface area contributed by atoms with E-state index in [1.54, 1.807) is 0 Å². The molecule has 0 aromatic rings. The summed E-state index contributed by atoms with van der Waals surface area (Å²) in [4.78, 5) is 15.4. The fourth-order valence-corrected chi connectivity index (χ4v) is 4.56. The zero-order valence-electron chi connectivity index (χ0n) is 12.3. The first-order valence-electron chi connectivity index (χ1n) is 8.29. The Kier molecular flexibility index (Phi) is 3.84. The molecule has 0 aromatic carbocycles. The molecule has 3 unspecified atom stereocenters. The number of rotatable bonds is 2. The molecule has 0 spiro atoms. The number of nitrogens with one attached hydrogen (secondary N) is 1.